The Labute approximate surface area is 413 Å². The van der Waals surface area contributed by atoms with Crippen LogP contribution in [-0.4, -0.2) is 0 Å². The first-order valence-electron chi connectivity index (χ1n) is 23.5. The molecule has 0 fully saturated rings. The molecule has 2 aromatic heterocycles. The fraction of sp³-hybridized carbons (Fsp3) is 0.0312. The number of thiophene rings is 2. The number of rotatable bonds is 7. The summed E-state index contributed by atoms with van der Waals surface area (Å²) in [4.78, 5) is 8.45. The molecule has 0 atom stereocenters. The van der Waals surface area contributed by atoms with Gasteiger partial charge in [0.1, 0.15) is 0 Å². The number of hydrogen-bond acceptors (Lipinski definition) is 5. The fourth-order valence-corrected chi connectivity index (χ4v) is 13.4. The van der Waals surface area contributed by atoms with Gasteiger partial charge < -0.3 is 9.80 Å². The molecule has 0 saturated carbocycles. The molecule has 4 nitrogen and oxygen atoms in total. The predicted molar refractivity (Wildman–Crippen MR) is 294 cm³/mol. The Hall–Kier alpha value is -8.78. The van der Waals surface area contributed by atoms with E-state index in [1.807, 2.05) is 40.9 Å². The summed E-state index contributed by atoms with van der Waals surface area (Å²) in [7, 11) is 0. The summed E-state index contributed by atoms with van der Waals surface area (Å²) in [6.45, 7) is 7.62. The van der Waals surface area contributed by atoms with Crippen molar-refractivity contribution in [1.82, 2.24) is 0 Å². The largest absolute Gasteiger partial charge is 0.310 e. The van der Waals surface area contributed by atoms with E-state index in [4.69, 9.17) is 6.57 Å². The number of para-hydroxylation sites is 2. The Morgan fingerprint density at radius 3 is 1.34 bits per heavy atom. The Balaban J connectivity index is 0.809. The smallest absolute Gasteiger partial charge is 0.187 e. The molecule has 0 saturated heterocycles. The monoisotopic (exact) mass is 926 g/mol. The maximum atomic E-state index is 9.67. The molecule has 14 rings (SSSR count). The highest BCUT2D eigenvalue weighted by molar-refractivity contribution is 7.26. The van der Waals surface area contributed by atoms with Crippen molar-refractivity contribution >= 4 is 103 Å². The third kappa shape index (κ3) is 6.39. The van der Waals surface area contributed by atoms with Crippen LogP contribution in [0.15, 0.2) is 206 Å². The molecule has 0 bridgehead atoms. The highest BCUT2D eigenvalue weighted by atomic mass is 32.1. The van der Waals surface area contributed by atoms with Crippen LogP contribution < -0.4 is 9.80 Å². The van der Waals surface area contributed by atoms with Crippen LogP contribution in [0.25, 0.3) is 78.6 Å². The van der Waals surface area contributed by atoms with Crippen molar-refractivity contribution in [3.8, 4) is 39.4 Å². The molecule has 2 aliphatic rings. The first-order valence-corrected chi connectivity index (χ1v) is 25.1. The molecule has 0 spiro atoms. The van der Waals surface area contributed by atoms with Crippen molar-refractivity contribution in [3.05, 3.63) is 245 Å². The first-order chi connectivity index (χ1) is 34.6. The average Bonchev–Trinajstić information content (AvgIpc) is 4.19. The van der Waals surface area contributed by atoms with E-state index in [0.29, 0.717) is 11.3 Å². The summed E-state index contributed by atoms with van der Waals surface area (Å²) in [5.41, 5.74) is 20.4. The van der Waals surface area contributed by atoms with Gasteiger partial charge >= 0.3 is 0 Å². The van der Waals surface area contributed by atoms with Gasteiger partial charge in [-0.2, -0.15) is 5.26 Å². The predicted octanol–water partition coefficient (Wildman–Crippen LogP) is 18.6. The molecular formula is C64H38N4S2. The van der Waals surface area contributed by atoms with Crippen molar-refractivity contribution in [1.29, 1.82) is 5.26 Å². The van der Waals surface area contributed by atoms with Crippen LogP contribution in [0.4, 0.5) is 39.8 Å². The van der Waals surface area contributed by atoms with E-state index in [9.17, 15) is 5.26 Å². The molecule has 12 aromatic rings. The van der Waals surface area contributed by atoms with Crippen molar-refractivity contribution in [2.75, 3.05) is 9.80 Å². The number of hydrogen-bond donors (Lipinski definition) is 0. The van der Waals surface area contributed by atoms with Crippen LogP contribution >= 0.6 is 22.7 Å². The molecule has 0 unspecified atom stereocenters. The molecule has 0 N–H and O–H groups in total. The summed E-state index contributed by atoms with van der Waals surface area (Å²) in [5.74, 6) is 0. The Morgan fingerprint density at radius 1 is 0.414 bits per heavy atom. The van der Waals surface area contributed by atoms with E-state index in [1.54, 1.807) is 0 Å². The normalized spacial score (nSPS) is 12.1. The summed E-state index contributed by atoms with van der Waals surface area (Å²) < 4.78 is 5.12. The third-order valence-corrected chi connectivity index (χ3v) is 16.6. The van der Waals surface area contributed by atoms with Gasteiger partial charge in [-0.3, -0.25) is 0 Å². The van der Waals surface area contributed by atoms with Crippen molar-refractivity contribution in [3.63, 3.8) is 0 Å². The quantitative estimate of drug-likeness (QED) is 0.149. The van der Waals surface area contributed by atoms with Gasteiger partial charge in [-0.05, 0) is 184 Å². The Kier molecular flexibility index (Phi) is 9.16. The summed E-state index contributed by atoms with van der Waals surface area (Å²) in [6, 6.07) is 76.6. The van der Waals surface area contributed by atoms with Gasteiger partial charge in [0.2, 0.25) is 0 Å². The van der Waals surface area contributed by atoms with Gasteiger partial charge in [-0.25, -0.2) is 4.85 Å². The van der Waals surface area contributed by atoms with Crippen molar-refractivity contribution < 1.29 is 0 Å². The van der Waals surface area contributed by atoms with Gasteiger partial charge in [-0.1, -0.05) is 91.0 Å². The molecule has 70 heavy (non-hydrogen) atoms. The van der Waals surface area contributed by atoms with E-state index in [1.165, 1.54) is 84.9 Å². The second-order valence-electron chi connectivity index (χ2n) is 18.2. The van der Waals surface area contributed by atoms with Crippen LogP contribution in [0.1, 0.15) is 27.8 Å². The van der Waals surface area contributed by atoms with Gasteiger partial charge in [0.15, 0.2) is 5.69 Å². The van der Waals surface area contributed by atoms with Crippen LogP contribution in [-0.2, 0) is 12.8 Å². The molecule has 0 amide bonds. The van der Waals surface area contributed by atoms with E-state index < -0.39 is 0 Å². The molecule has 2 heterocycles. The fourth-order valence-electron chi connectivity index (χ4n) is 11.1. The Bertz CT molecular complexity index is 3920. The third-order valence-electron chi connectivity index (χ3n) is 14.4. The molecular weight excluding hydrogens is 889 g/mol. The minimum atomic E-state index is 0.686. The van der Waals surface area contributed by atoms with E-state index in [0.717, 1.165) is 58.1 Å². The lowest BCUT2D eigenvalue weighted by atomic mass is 10.00. The molecule has 6 heteroatoms. The maximum absolute atomic E-state index is 9.67. The summed E-state index contributed by atoms with van der Waals surface area (Å²) >= 11 is 3.70. The van der Waals surface area contributed by atoms with Gasteiger partial charge in [0.25, 0.3) is 0 Å². The van der Waals surface area contributed by atoms with Crippen LogP contribution in [0, 0.1) is 17.9 Å². The van der Waals surface area contributed by atoms with E-state index in [2.05, 4.69) is 209 Å². The van der Waals surface area contributed by atoms with Crippen molar-refractivity contribution in [2.24, 2.45) is 0 Å². The topological polar surface area (TPSA) is 34.6 Å². The second kappa shape index (κ2) is 15.9. The minimum absolute atomic E-state index is 0.686. The number of benzene rings is 10. The van der Waals surface area contributed by atoms with E-state index >= 15 is 0 Å². The molecule has 0 aliphatic heterocycles. The van der Waals surface area contributed by atoms with E-state index in [-0.39, 0.29) is 0 Å². The van der Waals surface area contributed by atoms with Crippen LogP contribution in [0.3, 0.4) is 0 Å². The zero-order valence-corrected chi connectivity index (χ0v) is 39.3. The lowest BCUT2D eigenvalue weighted by molar-refractivity contribution is 1.28. The minimum Gasteiger partial charge on any atom is -0.310 e. The summed E-state index contributed by atoms with van der Waals surface area (Å²) in [5, 5.41) is 14.8. The summed E-state index contributed by atoms with van der Waals surface area (Å²) in [6.07, 6.45) is 1.74. The first kappa shape index (κ1) is 40.3. The standard InChI is InChI=1S/C64H38N4S2/c1-66-44-19-14-43-34-56-52(54(43)35-44)27-31-62-64(56)58-37-50(25-29-60(58)70-62)68(46-10-6-3-7-11-46)48-22-17-41(18-23-48)40-15-20-47(21-16-40)67(45-8-4-2-5-9-45)49-24-28-59-57(36-49)63-55-33-42-13-12-39(38-65)32-53(42)51(55)26-30-61(63)69-59/h2-32,35-37H,33-34H2. The molecule has 10 aromatic carbocycles. The molecule has 0 radical (unpaired) electrons. The molecule has 2 aliphatic carbocycles. The van der Waals surface area contributed by atoms with Gasteiger partial charge in [0.05, 0.1) is 18.2 Å². The van der Waals surface area contributed by atoms with Gasteiger partial charge in [0, 0.05) is 74.5 Å². The van der Waals surface area contributed by atoms with Gasteiger partial charge in [-0.15, -0.1) is 22.7 Å². The van der Waals surface area contributed by atoms with Crippen LogP contribution in [0.2, 0.25) is 0 Å². The number of nitrogens with zero attached hydrogens (tertiary/aromatic N) is 4. The number of nitriles is 1. The Morgan fingerprint density at radius 2 is 0.857 bits per heavy atom. The highest BCUT2D eigenvalue weighted by Gasteiger charge is 2.26. The second-order valence-corrected chi connectivity index (χ2v) is 20.4. The maximum Gasteiger partial charge on any atom is 0.187 e. The average molecular weight is 927 g/mol. The SMILES string of the molecule is [C-]#[N+]c1ccc2c(c1)-c1ccc3sc4ccc(N(c5ccccc5)c5ccc(-c6ccc(N(c7ccccc7)c7ccc8sc9ccc%10c(c9c8c7)Cc7ccc(C#N)cc7-%10)cc6)cc5)cc4c3c1C2. The molecule has 326 valence electrons. The highest BCUT2D eigenvalue weighted by Crippen LogP contribution is 2.50. The number of fused-ring (bicyclic) bond motifs is 14. The zero-order valence-electron chi connectivity index (χ0n) is 37.6. The number of anilines is 6. The van der Waals surface area contributed by atoms with Crippen LogP contribution in [0.5, 0.6) is 0 Å². The lowest BCUT2D eigenvalue weighted by Gasteiger charge is -2.26. The zero-order chi connectivity index (χ0) is 46.5. The van der Waals surface area contributed by atoms with Crippen molar-refractivity contribution in [2.45, 2.75) is 12.8 Å². The lowest BCUT2D eigenvalue weighted by Crippen LogP contribution is -2.10.